The van der Waals surface area contributed by atoms with Crippen molar-refractivity contribution in [2.24, 2.45) is 30.7 Å². The van der Waals surface area contributed by atoms with E-state index in [9.17, 15) is 0 Å². The lowest BCUT2D eigenvalue weighted by Gasteiger charge is -2.24. The summed E-state index contributed by atoms with van der Waals surface area (Å²) in [6.07, 6.45) is 4.06. The lowest BCUT2D eigenvalue weighted by Crippen LogP contribution is -2.31. The average molecular weight is 504 g/mol. The van der Waals surface area contributed by atoms with Crippen molar-refractivity contribution in [1.29, 1.82) is 0 Å². The molecule has 1 aliphatic carbocycles. The first kappa shape index (κ1) is 24.9. The largest absolute Gasteiger partial charge is 0.437 e. The van der Waals surface area contributed by atoms with Gasteiger partial charge in [-0.2, -0.15) is 0 Å². The lowest BCUT2D eigenvalue weighted by molar-refractivity contribution is -0.659. The van der Waals surface area contributed by atoms with Gasteiger partial charge in [0.05, 0.1) is 5.56 Å². The number of aromatic nitrogens is 2. The van der Waals surface area contributed by atoms with Gasteiger partial charge in [-0.1, -0.05) is 52.0 Å². The molecule has 1 saturated carbocycles. The van der Waals surface area contributed by atoms with Gasteiger partial charge in [0, 0.05) is 28.6 Å². The van der Waals surface area contributed by atoms with Gasteiger partial charge in [-0.25, -0.2) is 9.55 Å². The fourth-order valence-corrected chi connectivity index (χ4v) is 7.45. The molecule has 0 saturated heterocycles. The molecule has 0 N–H and O–H groups in total. The van der Waals surface area contributed by atoms with Gasteiger partial charge in [0.2, 0.25) is 11.4 Å². The van der Waals surface area contributed by atoms with Crippen molar-refractivity contribution in [2.45, 2.75) is 54.4 Å². The molecule has 3 nitrogen and oxygen atoms in total. The van der Waals surface area contributed by atoms with Crippen LogP contribution >= 0.6 is 0 Å². The molecule has 0 bridgehead atoms. The monoisotopic (exact) mass is 503 g/mol. The van der Waals surface area contributed by atoms with E-state index in [2.05, 4.69) is 114 Å². The Morgan fingerprint density at radius 1 is 0.737 bits per heavy atom. The number of rotatable bonds is 3. The molecule has 6 rings (SSSR count). The van der Waals surface area contributed by atoms with Crippen molar-refractivity contribution in [1.82, 2.24) is 4.98 Å². The van der Waals surface area contributed by atoms with Crippen LogP contribution in [0.15, 0.2) is 65.3 Å². The molecule has 1 fully saturated rings. The van der Waals surface area contributed by atoms with Gasteiger partial charge in [0.1, 0.15) is 7.05 Å². The fourth-order valence-electron chi connectivity index (χ4n) is 7.45. The predicted octanol–water partition coefficient (Wildman–Crippen LogP) is 8.71. The molecule has 38 heavy (non-hydrogen) atoms. The Labute approximate surface area is 226 Å². The number of nitrogens with zero attached hydrogens (tertiary/aromatic N) is 2. The minimum atomic E-state index is 0.631. The van der Waals surface area contributed by atoms with E-state index < -0.39 is 0 Å². The van der Waals surface area contributed by atoms with Gasteiger partial charge in [0.15, 0.2) is 11.8 Å². The van der Waals surface area contributed by atoms with Crippen LogP contribution in [0.4, 0.5) is 0 Å². The molecule has 3 heteroatoms. The minimum absolute atomic E-state index is 0.631. The Bertz CT molecular complexity index is 1660. The summed E-state index contributed by atoms with van der Waals surface area (Å²) in [7, 11) is 2.14. The Hall–Kier alpha value is -3.46. The van der Waals surface area contributed by atoms with Crippen LogP contribution < -0.4 is 4.57 Å². The molecule has 194 valence electrons. The number of benzene rings is 2. The van der Waals surface area contributed by atoms with Crippen LogP contribution in [-0.4, -0.2) is 4.98 Å². The summed E-state index contributed by atoms with van der Waals surface area (Å²) in [5.74, 6) is 3.57. The zero-order valence-corrected chi connectivity index (χ0v) is 24.0. The van der Waals surface area contributed by atoms with Gasteiger partial charge in [-0.15, -0.1) is 0 Å². The first-order chi connectivity index (χ1) is 18.2. The standard InChI is InChI=1S/C35H39N2O/c1-19-11-13-28-29-10-9-15-36-35(29)38-34(28)32(19)30-14-12-26(18-37(30)8)31-20(2)16-27(17-21(31)3)33-24(6)22(4)23(5)25(33)7/h9-18,22-25,33H,1-8H3/q+1. The molecule has 3 aromatic heterocycles. The van der Waals surface area contributed by atoms with Crippen LogP contribution in [0.2, 0.25) is 0 Å². The SMILES string of the molecule is Cc1cc(C2C(C)C(C)C(C)C2C)cc(C)c1-c1ccc(-c2c(C)ccc3c2oc2ncccc23)[n+](C)c1. The third kappa shape index (κ3) is 3.70. The van der Waals surface area contributed by atoms with E-state index in [1.165, 1.54) is 33.4 Å². The number of hydrogen-bond donors (Lipinski definition) is 0. The molecule has 4 unspecified atom stereocenters. The Morgan fingerprint density at radius 3 is 2.08 bits per heavy atom. The van der Waals surface area contributed by atoms with E-state index in [1.54, 1.807) is 6.20 Å². The maximum Gasteiger partial charge on any atom is 0.227 e. The predicted molar refractivity (Wildman–Crippen MR) is 157 cm³/mol. The zero-order chi connectivity index (χ0) is 26.9. The Kier molecular flexibility index (Phi) is 5.94. The molecule has 2 aromatic carbocycles. The first-order valence-corrected chi connectivity index (χ1v) is 14.1. The van der Waals surface area contributed by atoms with Crippen LogP contribution in [0.1, 0.15) is 55.9 Å². The van der Waals surface area contributed by atoms with Crippen molar-refractivity contribution < 1.29 is 8.98 Å². The minimum Gasteiger partial charge on any atom is -0.437 e. The van der Waals surface area contributed by atoms with Gasteiger partial charge in [0.25, 0.3) is 0 Å². The second-order valence-corrected chi connectivity index (χ2v) is 12.0. The van der Waals surface area contributed by atoms with E-state index in [-0.39, 0.29) is 0 Å². The van der Waals surface area contributed by atoms with Crippen molar-refractivity contribution in [3.8, 4) is 22.4 Å². The third-order valence-electron chi connectivity index (χ3n) is 9.87. The number of aryl methyl sites for hydroxylation is 4. The molecule has 3 heterocycles. The lowest BCUT2D eigenvalue weighted by atomic mass is 9.80. The maximum atomic E-state index is 6.30. The molecule has 1 aliphatic rings. The number of fused-ring (bicyclic) bond motifs is 3. The zero-order valence-electron chi connectivity index (χ0n) is 24.0. The highest BCUT2D eigenvalue weighted by atomic mass is 16.3. The summed E-state index contributed by atoms with van der Waals surface area (Å²) in [5.41, 5.74) is 11.9. The third-order valence-corrected chi connectivity index (χ3v) is 9.87. The second-order valence-electron chi connectivity index (χ2n) is 12.0. The molecular weight excluding hydrogens is 464 g/mol. The topological polar surface area (TPSA) is 29.9 Å². The molecule has 4 atom stereocenters. The van der Waals surface area contributed by atoms with Crippen LogP contribution in [0.5, 0.6) is 0 Å². The molecule has 0 radical (unpaired) electrons. The van der Waals surface area contributed by atoms with E-state index in [0.29, 0.717) is 23.5 Å². The average Bonchev–Trinajstić information content (AvgIpc) is 3.34. The number of hydrogen-bond acceptors (Lipinski definition) is 2. The number of pyridine rings is 2. The summed E-state index contributed by atoms with van der Waals surface area (Å²) >= 11 is 0. The highest BCUT2D eigenvalue weighted by Crippen LogP contribution is 2.51. The Balaban J connectivity index is 1.43. The van der Waals surface area contributed by atoms with Crippen molar-refractivity contribution >= 4 is 22.1 Å². The summed E-state index contributed by atoms with van der Waals surface area (Å²) in [6.45, 7) is 16.5. The fraction of sp³-hybridized carbons (Fsp3) is 0.371. The summed E-state index contributed by atoms with van der Waals surface area (Å²) in [4.78, 5) is 4.46. The van der Waals surface area contributed by atoms with Gasteiger partial charge < -0.3 is 4.42 Å². The highest BCUT2D eigenvalue weighted by molar-refractivity contribution is 6.08. The summed E-state index contributed by atoms with van der Waals surface area (Å²) < 4.78 is 8.54. The molecule has 0 spiro atoms. The highest BCUT2D eigenvalue weighted by Gasteiger charge is 2.42. The van der Waals surface area contributed by atoms with Crippen molar-refractivity contribution in [3.05, 3.63) is 83.2 Å². The van der Waals surface area contributed by atoms with Crippen LogP contribution in [-0.2, 0) is 7.05 Å². The molecule has 0 amide bonds. The smallest absolute Gasteiger partial charge is 0.227 e. The molecular formula is C35H39N2O+. The van der Waals surface area contributed by atoms with E-state index in [4.69, 9.17) is 4.42 Å². The van der Waals surface area contributed by atoms with E-state index in [1.807, 2.05) is 6.07 Å². The second kappa shape index (κ2) is 9.08. The van der Waals surface area contributed by atoms with Crippen LogP contribution in [0.25, 0.3) is 44.5 Å². The quantitative estimate of drug-likeness (QED) is 0.230. The van der Waals surface area contributed by atoms with E-state index in [0.717, 1.165) is 39.4 Å². The Morgan fingerprint density at radius 2 is 1.42 bits per heavy atom. The van der Waals surface area contributed by atoms with E-state index >= 15 is 0 Å². The van der Waals surface area contributed by atoms with Crippen LogP contribution in [0.3, 0.4) is 0 Å². The molecule has 5 aromatic rings. The van der Waals surface area contributed by atoms with Gasteiger partial charge in [-0.05, 0) is 96.4 Å². The maximum absolute atomic E-state index is 6.30. The number of furan rings is 1. The normalized spacial score (nSPS) is 23.5. The van der Waals surface area contributed by atoms with Crippen molar-refractivity contribution in [2.75, 3.05) is 0 Å². The van der Waals surface area contributed by atoms with Gasteiger partial charge in [-0.3, -0.25) is 0 Å². The molecule has 0 aliphatic heterocycles. The van der Waals surface area contributed by atoms with Gasteiger partial charge >= 0.3 is 0 Å². The van der Waals surface area contributed by atoms with Crippen molar-refractivity contribution in [3.63, 3.8) is 0 Å². The summed E-state index contributed by atoms with van der Waals surface area (Å²) in [5, 5.41) is 2.17. The first-order valence-electron chi connectivity index (χ1n) is 14.1. The van der Waals surface area contributed by atoms with Crippen LogP contribution in [0, 0.1) is 44.4 Å². The summed E-state index contributed by atoms with van der Waals surface area (Å²) in [6, 6.07) is 17.8.